The quantitative estimate of drug-likeness (QED) is 0.908. The molecule has 0 saturated carbocycles. The van der Waals surface area contributed by atoms with E-state index >= 15 is 0 Å². The van der Waals surface area contributed by atoms with Crippen molar-refractivity contribution in [1.82, 2.24) is 4.72 Å². The van der Waals surface area contributed by atoms with E-state index in [1.165, 1.54) is 0 Å². The molecule has 5 heteroatoms. The molecule has 1 N–H and O–H groups in total. The molecular weight excluding hydrogens is 248 g/mol. The van der Waals surface area contributed by atoms with Crippen molar-refractivity contribution in [1.29, 1.82) is 5.26 Å². The SMILES string of the molecule is CCC(C)(C#N)NS(=O)(=O)c1ccc(C)c(C)c1. The van der Waals surface area contributed by atoms with Gasteiger partial charge in [-0.1, -0.05) is 13.0 Å². The van der Waals surface area contributed by atoms with Crippen molar-refractivity contribution in [2.45, 2.75) is 44.6 Å². The second-order valence-corrected chi connectivity index (χ2v) is 6.33. The van der Waals surface area contributed by atoms with Crippen LogP contribution in [0.5, 0.6) is 0 Å². The molecule has 0 aliphatic heterocycles. The summed E-state index contributed by atoms with van der Waals surface area (Å²) in [5.41, 5.74) is 0.873. The van der Waals surface area contributed by atoms with Crippen molar-refractivity contribution < 1.29 is 8.42 Å². The fraction of sp³-hybridized carbons (Fsp3) is 0.462. The van der Waals surface area contributed by atoms with Gasteiger partial charge in [-0.25, -0.2) is 8.42 Å². The highest BCUT2D eigenvalue weighted by Gasteiger charge is 2.28. The van der Waals surface area contributed by atoms with Gasteiger partial charge in [0.25, 0.3) is 0 Å². The lowest BCUT2D eigenvalue weighted by Crippen LogP contribution is -2.44. The van der Waals surface area contributed by atoms with Crippen LogP contribution in [0.25, 0.3) is 0 Å². The van der Waals surface area contributed by atoms with E-state index in [2.05, 4.69) is 4.72 Å². The van der Waals surface area contributed by atoms with Gasteiger partial charge < -0.3 is 0 Å². The summed E-state index contributed by atoms with van der Waals surface area (Å²) in [7, 11) is -3.65. The van der Waals surface area contributed by atoms with E-state index in [-0.39, 0.29) is 4.90 Å². The van der Waals surface area contributed by atoms with Crippen molar-refractivity contribution in [2.24, 2.45) is 0 Å². The molecule has 0 aliphatic carbocycles. The highest BCUT2D eigenvalue weighted by molar-refractivity contribution is 7.89. The molecule has 0 amide bonds. The first-order valence-electron chi connectivity index (χ1n) is 5.76. The van der Waals surface area contributed by atoms with E-state index in [0.29, 0.717) is 6.42 Å². The summed E-state index contributed by atoms with van der Waals surface area (Å²) in [5.74, 6) is 0. The molecule has 1 aromatic carbocycles. The second kappa shape index (κ2) is 5.09. The summed E-state index contributed by atoms with van der Waals surface area (Å²) in [6.07, 6.45) is 0.410. The van der Waals surface area contributed by atoms with E-state index in [9.17, 15) is 8.42 Å². The molecule has 1 unspecified atom stereocenters. The van der Waals surface area contributed by atoms with Crippen LogP contribution in [-0.2, 0) is 10.0 Å². The van der Waals surface area contributed by atoms with Gasteiger partial charge in [0.2, 0.25) is 10.0 Å². The number of nitriles is 1. The molecule has 18 heavy (non-hydrogen) atoms. The maximum Gasteiger partial charge on any atom is 0.241 e. The first-order chi connectivity index (χ1) is 8.24. The van der Waals surface area contributed by atoms with Crippen LogP contribution in [0.1, 0.15) is 31.4 Å². The molecule has 0 heterocycles. The lowest BCUT2D eigenvalue weighted by Gasteiger charge is -2.21. The summed E-state index contributed by atoms with van der Waals surface area (Å²) >= 11 is 0. The molecule has 0 radical (unpaired) electrons. The number of rotatable bonds is 4. The van der Waals surface area contributed by atoms with Gasteiger partial charge in [-0.05, 0) is 50.5 Å². The van der Waals surface area contributed by atoms with Crippen molar-refractivity contribution in [3.8, 4) is 6.07 Å². The molecule has 1 rings (SSSR count). The largest absolute Gasteiger partial charge is 0.241 e. The Hall–Kier alpha value is -1.38. The predicted molar refractivity (Wildman–Crippen MR) is 70.5 cm³/mol. The lowest BCUT2D eigenvalue weighted by molar-refractivity contribution is 0.495. The topological polar surface area (TPSA) is 70.0 Å². The van der Waals surface area contributed by atoms with Gasteiger partial charge in [-0.15, -0.1) is 0 Å². The molecule has 1 aromatic rings. The van der Waals surface area contributed by atoms with Crippen LogP contribution in [0.2, 0.25) is 0 Å². The van der Waals surface area contributed by atoms with Crippen molar-refractivity contribution in [2.75, 3.05) is 0 Å². The third kappa shape index (κ3) is 3.09. The molecule has 0 fully saturated rings. The normalized spacial score (nSPS) is 14.8. The van der Waals surface area contributed by atoms with Crippen molar-refractivity contribution >= 4 is 10.0 Å². The number of nitrogens with one attached hydrogen (secondary N) is 1. The number of benzene rings is 1. The van der Waals surface area contributed by atoms with Gasteiger partial charge in [-0.3, -0.25) is 0 Å². The van der Waals surface area contributed by atoms with Gasteiger partial charge in [0.1, 0.15) is 5.54 Å². The van der Waals surface area contributed by atoms with E-state index in [1.807, 2.05) is 19.9 Å². The molecular formula is C13H18N2O2S. The molecule has 0 aliphatic rings. The van der Waals surface area contributed by atoms with E-state index in [4.69, 9.17) is 5.26 Å². The number of hydrogen-bond acceptors (Lipinski definition) is 3. The highest BCUT2D eigenvalue weighted by atomic mass is 32.2. The van der Waals surface area contributed by atoms with Crippen LogP contribution >= 0.6 is 0 Å². The third-order valence-electron chi connectivity index (χ3n) is 3.10. The zero-order chi connectivity index (χ0) is 14.0. The molecule has 1 atom stereocenters. The molecule has 0 aromatic heterocycles. The van der Waals surface area contributed by atoms with Gasteiger partial charge >= 0.3 is 0 Å². The Kier molecular flexibility index (Phi) is 4.15. The van der Waals surface area contributed by atoms with Crippen LogP contribution in [0.15, 0.2) is 23.1 Å². The number of aryl methyl sites for hydroxylation is 2. The Morgan fingerprint density at radius 3 is 2.39 bits per heavy atom. The maximum absolute atomic E-state index is 12.2. The number of hydrogen-bond donors (Lipinski definition) is 1. The average molecular weight is 266 g/mol. The average Bonchev–Trinajstić information content (AvgIpc) is 2.32. The minimum Gasteiger partial charge on any atom is -0.207 e. The Bertz CT molecular complexity index is 587. The Labute approximate surface area is 109 Å². The third-order valence-corrected chi connectivity index (χ3v) is 4.70. The zero-order valence-corrected chi connectivity index (χ0v) is 11.9. The van der Waals surface area contributed by atoms with Crippen LogP contribution in [0.3, 0.4) is 0 Å². The summed E-state index contributed by atoms with van der Waals surface area (Å²) in [6.45, 7) is 7.12. The van der Waals surface area contributed by atoms with E-state index in [0.717, 1.165) is 11.1 Å². The molecule has 0 saturated heterocycles. The summed E-state index contributed by atoms with van der Waals surface area (Å²) in [5, 5.41) is 9.02. The molecule has 4 nitrogen and oxygen atoms in total. The minimum absolute atomic E-state index is 0.195. The van der Waals surface area contributed by atoms with Gasteiger partial charge in [0.15, 0.2) is 0 Å². The molecule has 0 spiro atoms. The van der Waals surface area contributed by atoms with Crippen LogP contribution in [0.4, 0.5) is 0 Å². The highest BCUT2D eigenvalue weighted by Crippen LogP contribution is 2.18. The fourth-order valence-corrected chi connectivity index (χ4v) is 2.89. The van der Waals surface area contributed by atoms with Crippen LogP contribution < -0.4 is 4.72 Å². The Balaban J connectivity index is 3.15. The second-order valence-electron chi connectivity index (χ2n) is 4.65. The van der Waals surface area contributed by atoms with Crippen molar-refractivity contribution in [3.05, 3.63) is 29.3 Å². The minimum atomic E-state index is -3.65. The summed E-state index contributed by atoms with van der Waals surface area (Å²) in [6, 6.07) is 6.92. The fourth-order valence-electron chi connectivity index (χ4n) is 1.41. The van der Waals surface area contributed by atoms with Gasteiger partial charge in [0.05, 0.1) is 11.0 Å². The van der Waals surface area contributed by atoms with Crippen molar-refractivity contribution in [3.63, 3.8) is 0 Å². The maximum atomic E-state index is 12.2. The standard InChI is InChI=1S/C13H18N2O2S/c1-5-13(4,9-14)15-18(16,17)12-7-6-10(2)11(3)8-12/h6-8,15H,5H2,1-4H3. The van der Waals surface area contributed by atoms with Gasteiger partial charge in [0, 0.05) is 0 Å². The first kappa shape index (κ1) is 14.7. The number of sulfonamides is 1. The number of nitrogens with zero attached hydrogens (tertiary/aromatic N) is 1. The van der Waals surface area contributed by atoms with Crippen LogP contribution in [0, 0.1) is 25.2 Å². The summed E-state index contributed by atoms with van der Waals surface area (Å²) in [4.78, 5) is 0.195. The molecule has 98 valence electrons. The Morgan fingerprint density at radius 1 is 1.33 bits per heavy atom. The summed E-state index contributed by atoms with van der Waals surface area (Å²) < 4.78 is 26.8. The first-order valence-corrected chi connectivity index (χ1v) is 7.25. The smallest absolute Gasteiger partial charge is 0.207 e. The predicted octanol–water partition coefficient (Wildman–Crippen LogP) is 2.27. The zero-order valence-electron chi connectivity index (χ0n) is 11.1. The van der Waals surface area contributed by atoms with E-state index < -0.39 is 15.6 Å². The Morgan fingerprint density at radius 2 is 1.94 bits per heavy atom. The lowest BCUT2D eigenvalue weighted by atomic mass is 10.0. The monoisotopic (exact) mass is 266 g/mol. The van der Waals surface area contributed by atoms with Crippen LogP contribution in [-0.4, -0.2) is 14.0 Å². The van der Waals surface area contributed by atoms with Gasteiger partial charge in [-0.2, -0.15) is 9.98 Å². The van der Waals surface area contributed by atoms with E-state index in [1.54, 1.807) is 32.0 Å². The molecule has 0 bridgehead atoms.